The van der Waals surface area contributed by atoms with Gasteiger partial charge in [-0.1, -0.05) is 11.6 Å². The van der Waals surface area contributed by atoms with Crippen molar-refractivity contribution >= 4 is 23.0 Å². The van der Waals surface area contributed by atoms with Crippen molar-refractivity contribution in [3.05, 3.63) is 32.8 Å². The lowest BCUT2D eigenvalue weighted by Gasteiger charge is -2.36. The molecule has 0 aliphatic carbocycles. The van der Waals surface area contributed by atoms with E-state index in [4.69, 9.17) is 16.3 Å². The minimum absolute atomic E-state index is 0.0537. The number of nitrogens with one attached hydrogen (secondary N) is 1. The molecule has 1 N–H and O–H groups in total. The van der Waals surface area contributed by atoms with Gasteiger partial charge in [-0.3, -0.25) is 10.1 Å². The smallest absolute Gasteiger partial charge is 0.288 e. The molecular formula is C14H19ClN2O3. The van der Waals surface area contributed by atoms with Crippen LogP contribution in [0.1, 0.15) is 32.3 Å². The summed E-state index contributed by atoms with van der Waals surface area (Å²) in [4.78, 5) is 10.4. The van der Waals surface area contributed by atoms with Gasteiger partial charge in [0.1, 0.15) is 5.02 Å². The van der Waals surface area contributed by atoms with Gasteiger partial charge in [0, 0.05) is 24.4 Å². The number of aryl methyl sites for hydroxylation is 1. The molecule has 20 heavy (non-hydrogen) atoms. The summed E-state index contributed by atoms with van der Waals surface area (Å²) >= 11 is 5.96. The Kier molecular flexibility index (Phi) is 4.20. The molecule has 2 rings (SSSR count). The maximum atomic E-state index is 10.8. The van der Waals surface area contributed by atoms with Crippen LogP contribution in [0.15, 0.2) is 12.1 Å². The molecule has 1 saturated heterocycles. The number of benzene rings is 1. The molecule has 0 aromatic heterocycles. The Morgan fingerprint density at radius 1 is 1.50 bits per heavy atom. The van der Waals surface area contributed by atoms with E-state index in [1.807, 2.05) is 6.92 Å². The van der Waals surface area contributed by atoms with E-state index in [9.17, 15) is 10.1 Å². The number of hydrogen-bond donors (Lipinski definition) is 1. The van der Waals surface area contributed by atoms with Crippen molar-refractivity contribution in [3.8, 4) is 0 Å². The fourth-order valence-corrected chi connectivity index (χ4v) is 2.77. The quantitative estimate of drug-likeness (QED) is 0.678. The Hall–Kier alpha value is -1.33. The number of nitro groups is 1. The summed E-state index contributed by atoms with van der Waals surface area (Å²) < 4.78 is 5.68. The van der Waals surface area contributed by atoms with Gasteiger partial charge < -0.3 is 10.1 Å². The molecule has 0 bridgehead atoms. The molecule has 0 saturated carbocycles. The minimum Gasteiger partial charge on any atom is -0.382 e. The van der Waals surface area contributed by atoms with Gasteiger partial charge in [0.05, 0.1) is 10.5 Å². The number of halogens is 1. The highest BCUT2D eigenvalue weighted by Gasteiger charge is 2.29. The van der Waals surface area contributed by atoms with Gasteiger partial charge in [-0.05, 0) is 45.2 Å². The summed E-state index contributed by atoms with van der Waals surface area (Å²) in [5.74, 6) is 0. The Bertz CT molecular complexity index is 531. The summed E-state index contributed by atoms with van der Waals surface area (Å²) in [6.07, 6.45) is 1.80. The highest BCUT2D eigenvalue weighted by Crippen LogP contribution is 2.33. The number of anilines is 1. The molecule has 1 heterocycles. The second-order valence-electron chi connectivity index (χ2n) is 5.82. The highest BCUT2D eigenvalue weighted by molar-refractivity contribution is 6.33. The van der Waals surface area contributed by atoms with Crippen LogP contribution < -0.4 is 5.32 Å². The number of nitrogens with zero attached hydrogens (tertiary/aromatic N) is 1. The van der Waals surface area contributed by atoms with E-state index in [-0.39, 0.29) is 22.4 Å². The van der Waals surface area contributed by atoms with Crippen LogP contribution in [0.3, 0.4) is 0 Å². The summed E-state index contributed by atoms with van der Waals surface area (Å²) in [5, 5.41) is 14.4. The number of hydrogen-bond acceptors (Lipinski definition) is 4. The average Bonchev–Trinajstić information content (AvgIpc) is 2.31. The predicted molar refractivity (Wildman–Crippen MR) is 79.5 cm³/mol. The number of nitro benzene ring substituents is 1. The summed E-state index contributed by atoms with van der Waals surface area (Å²) in [5.41, 5.74) is 1.48. The van der Waals surface area contributed by atoms with Crippen molar-refractivity contribution < 1.29 is 9.66 Å². The van der Waals surface area contributed by atoms with Gasteiger partial charge in [-0.2, -0.15) is 0 Å². The van der Waals surface area contributed by atoms with Crippen molar-refractivity contribution in [2.75, 3.05) is 11.9 Å². The first kappa shape index (κ1) is 15.1. The molecule has 0 spiro atoms. The minimum atomic E-state index is -0.462. The highest BCUT2D eigenvalue weighted by atomic mass is 35.5. The van der Waals surface area contributed by atoms with Crippen LogP contribution in [0, 0.1) is 17.0 Å². The Balaban J connectivity index is 2.18. The molecule has 1 aliphatic heterocycles. The van der Waals surface area contributed by atoms with Gasteiger partial charge >= 0.3 is 0 Å². The number of rotatable bonds is 3. The lowest BCUT2D eigenvalue weighted by atomic mass is 9.93. The Labute approximate surface area is 123 Å². The zero-order chi connectivity index (χ0) is 14.9. The first-order chi connectivity index (χ1) is 9.28. The first-order valence-corrected chi connectivity index (χ1v) is 7.01. The van der Waals surface area contributed by atoms with Crippen molar-refractivity contribution in [2.45, 2.75) is 45.3 Å². The predicted octanol–water partition coefficient (Wildman–Crippen LogP) is 3.93. The standard InChI is InChI=1S/C14H19ClN2O3/c1-9-6-13(17(18)19)11(15)7-12(9)16-10-4-5-20-14(2,3)8-10/h6-7,10,16H,4-5,8H2,1-3H3. The van der Waals surface area contributed by atoms with Crippen LogP contribution in [0.5, 0.6) is 0 Å². The monoisotopic (exact) mass is 298 g/mol. The van der Waals surface area contributed by atoms with Gasteiger partial charge in [-0.25, -0.2) is 0 Å². The molecule has 1 aliphatic rings. The van der Waals surface area contributed by atoms with Gasteiger partial charge in [0.15, 0.2) is 0 Å². The van der Waals surface area contributed by atoms with E-state index in [2.05, 4.69) is 19.2 Å². The normalized spacial score (nSPS) is 21.5. The molecule has 1 fully saturated rings. The van der Waals surface area contributed by atoms with Crippen molar-refractivity contribution in [2.24, 2.45) is 0 Å². The van der Waals surface area contributed by atoms with E-state index in [1.165, 1.54) is 6.07 Å². The van der Waals surface area contributed by atoms with Gasteiger partial charge in [0.2, 0.25) is 0 Å². The lowest BCUT2D eigenvalue weighted by molar-refractivity contribution is -0.384. The molecule has 1 unspecified atom stereocenters. The lowest BCUT2D eigenvalue weighted by Crippen LogP contribution is -2.40. The Morgan fingerprint density at radius 3 is 2.80 bits per heavy atom. The third-order valence-electron chi connectivity index (χ3n) is 3.55. The molecule has 6 heteroatoms. The largest absolute Gasteiger partial charge is 0.382 e. The van der Waals surface area contributed by atoms with Gasteiger partial charge in [0.25, 0.3) is 5.69 Å². The first-order valence-electron chi connectivity index (χ1n) is 6.63. The van der Waals surface area contributed by atoms with E-state index < -0.39 is 4.92 Å². The molecule has 1 atom stereocenters. The van der Waals surface area contributed by atoms with Crippen LogP contribution in [0.4, 0.5) is 11.4 Å². The SMILES string of the molecule is Cc1cc([N+](=O)[O-])c(Cl)cc1NC1CCOC(C)(C)C1. The molecule has 0 radical (unpaired) electrons. The third-order valence-corrected chi connectivity index (χ3v) is 3.85. The summed E-state index contributed by atoms with van der Waals surface area (Å²) in [6.45, 7) is 6.69. The molecule has 5 nitrogen and oxygen atoms in total. The number of ether oxygens (including phenoxy) is 1. The zero-order valence-electron chi connectivity index (χ0n) is 11.9. The van der Waals surface area contributed by atoms with Crippen molar-refractivity contribution in [1.82, 2.24) is 0 Å². The second-order valence-corrected chi connectivity index (χ2v) is 6.23. The van der Waals surface area contributed by atoms with Crippen LogP contribution in [0.2, 0.25) is 5.02 Å². The van der Waals surface area contributed by atoms with Crippen molar-refractivity contribution in [3.63, 3.8) is 0 Å². The molecular weight excluding hydrogens is 280 g/mol. The van der Waals surface area contributed by atoms with Crippen LogP contribution in [-0.2, 0) is 4.74 Å². The average molecular weight is 299 g/mol. The maximum absolute atomic E-state index is 10.8. The van der Waals surface area contributed by atoms with Crippen LogP contribution >= 0.6 is 11.6 Å². The summed E-state index contributed by atoms with van der Waals surface area (Å²) in [6, 6.07) is 3.43. The topological polar surface area (TPSA) is 64.4 Å². The maximum Gasteiger partial charge on any atom is 0.288 e. The van der Waals surface area contributed by atoms with E-state index >= 15 is 0 Å². The van der Waals surface area contributed by atoms with Crippen LogP contribution in [0.25, 0.3) is 0 Å². The van der Waals surface area contributed by atoms with Crippen LogP contribution in [-0.4, -0.2) is 23.2 Å². The van der Waals surface area contributed by atoms with E-state index in [0.29, 0.717) is 6.61 Å². The van der Waals surface area contributed by atoms with E-state index in [1.54, 1.807) is 6.07 Å². The molecule has 1 aromatic carbocycles. The van der Waals surface area contributed by atoms with Gasteiger partial charge in [-0.15, -0.1) is 0 Å². The van der Waals surface area contributed by atoms with Crippen molar-refractivity contribution in [1.29, 1.82) is 0 Å². The zero-order valence-corrected chi connectivity index (χ0v) is 12.7. The third kappa shape index (κ3) is 3.41. The molecule has 0 amide bonds. The molecule has 1 aromatic rings. The fraction of sp³-hybridized carbons (Fsp3) is 0.571. The fourth-order valence-electron chi connectivity index (χ4n) is 2.54. The molecule has 110 valence electrons. The van der Waals surface area contributed by atoms with E-state index in [0.717, 1.165) is 24.1 Å². The summed E-state index contributed by atoms with van der Waals surface area (Å²) in [7, 11) is 0. The Morgan fingerprint density at radius 2 is 2.20 bits per heavy atom. The second kappa shape index (κ2) is 5.58.